The highest BCUT2D eigenvalue weighted by Crippen LogP contribution is 2.38. The zero-order valence-corrected chi connectivity index (χ0v) is 12.7. The summed E-state index contributed by atoms with van der Waals surface area (Å²) in [6, 6.07) is 0. The third-order valence-corrected chi connectivity index (χ3v) is 4.97. The molecule has 0 saturated heterocycles. The van der Waals surface area contributed by atoms with E-state index in [2.05, 4.69) is 6.92 Å². The Balaban J connectivity index is 1.64. The van der Waals surface area contributed by atoms with E-state index in [0.717, 1.165) is 25.2 Å². The molecule has 1 nitrogen and oxygen atoms in total. The summed E-state index contributed by atoms with van der Waals surface area (Å²) in [4.78, 5) is 11.5. The summed E-state index contributed by atoms with van der Waals surface area (Å²) in [5.74, 6) is 1.41. The normalized spacial score (nSPS) is 23.6. The van der Waals surface area contributed by atoms with E-state index >= 15 is 0 Å². The van der Waals surface area contributed by atoms with Crippen LogP contribution in [-0.2, 0) is 4.79 Å². The van der Waals surface area contributed by atoms with E-state index in [9.17, 15) is 4.79 Å². The predicted octanol–water partition coefficient (Wildman–Crippen LogP) is 5.59. The fraction of sp³-hybridized carbons (Fsp3) is 0.833. The van der Waals surface area contributed by atoms with Gasteiger partial charge in [0.2, 0.25) is 0 Å². The molecule has 1 atom stereocenters. The second kappa shape index (κ2) is 7.87. The molecule has 0 amide bonds. The SMILES string of the molecule is CCCCCCCCC1CCC2=C(CCC(=O)C2)C1. The van der Waals surface area contributed by atoms with Crippen LogP contribution < -0.4 is 0 Å². The molecule has 2 aliphatic carbocycles. The molecule has 108 valence electrons. The molecule has 2 rings (SSSR count). The Morgan fingerprint density at radius 3 is 2.58 bits per heavy atom. The van der Waals surface area contributed by atoms with Gasteiger partial charge in [-0.1, -0.05) is 63.0 Å². The molecule has 0 aromatic heterocycles. The molecule has 0 aromatic carbocycles. The van der Waals surface area contributed by atoms with E-state index in [1.165, 1.54) is 69.8 Å². The Kier molecular flexibility index (Phi) is 6.13. The van der Waals surface area contributed by atoms with Crippen LogP contribution in [0.3, 0.4) is 0 Å². The molecule has 1 heteroatoms. The van der Waals surface area contributed by atoms with Gasteiger partial charge in [-0.25, -0.2) is 0 Å². The number of ketones is 1. The molecule has 0 aromatic rings. The molecule has 0 fully saturated rings. The molecule has 0 spiro atoms. The van der Waals surface area contributed by atoms with Gasteiger partial charge in [-0.15, -0.1) is 0 Å². The second-order valence-electron chi connectivity index (χ2n) is 6.59. The van der Waals surface area contributed by atoms with Gasteiger partial charge in [0.25, 0.3) is 0 Å². The first kappa shape index (κ1) is 14.8. The zero-order valence-electron chi connectivity index (χ0n) is 12.7. The van der Waals surface area contributed by atoms with Gasteiger partial charge in [0, 0.05) is 12.8 Å². The van der Waals surface area contributed by atoms with Crippen molar-refractivity contribution in [2.45, 2.75) is 90.4 Å². The van der Waals surface area contributed by atoms with Crippen LogP contribution in [-0.4, -0.2) is 5.78 Å². The first-order valence-electron chi connectivity index (χ1n) is 8.51. The molecule has 1 unspecified atom stereocenters. The van der Waals surface area contributed by atoms with Crippen LogP contribution in [0.1, 0.15) is 90.4 Å². The number of Topliss-reactive ketones (excluding diaryl/α,β-unsaturated/α-hetero) is 1. The van der Waals surface area contributed by atoms with Crippen molar-refractivity contribution in [1.29, 1.82) is 0 Å². The lowest BCUT2D eigenvalue weighted by Gasteiger charge is -2.30. The fourth-order valence-electron chi connectivity index (χ4n) is 3.72. The van der Waals surface area contributed by atoms with E-state index in [1.807, 2.05) is 0 Å². The fourth-order valence-corrected chi connectivity index (χ4v) is 3.72. The van der Waals surface area contributed by atoms with Crippen molar-refractivity contribution < 1.29 is 4.79 Å². The van der Waals surface area contributed by atoms with Crippen LogP contribution in [0.4, 0.5) is 0 Å². The van der Waals surface area contributed by atoms with E-state index in [0.29, 0.717) is 5.78 Å². The minimum atomic E-state index is 0.480. The Morgan fingerprint density at radius 1 is 0.947 bits per heavy atom. The van der Waals surface area contributed by atoms with Crippen molar-refractivity contribution in [3.8, 4) is 0 Å². The van der Waals surface area contributed by atoms with Gasteiger partial charge in [0.1, 0.15) is 5.78 Å². The Morgan fingerprint density at radius 2 is 1.74 bits per heavy atom. The van der Waals surface area contributed by atoms with Gasteiger partial charge in [-0.2, -0.15) is 0 Å². The molecular formula is C18H30O. The van der Waals surface area contributed by atoms with Crippen molar-refractivity contribution in [2.75, 3.05) is 0 Å². The van der Waals surface area contributed by atoms with Gasteiger partial charge in [0.15, 0.2) is 0 Å². The number of carbonyl (C=O) groups excluding carboxylic acids is 1. The maximum absolute atomic E-state index is 11.5. The van der Waals surface area contributed by atoms with Gasteiger partial charge in [-0.3, -0.25) is 4.79 Å². The number of hydrogen-bond donors (Lipinski definition) is 0. The molecule has 2 aliphatic rings. The third-order valence-electron chi connectivity index (χ3n) is 4.97. The summed E-state index contributed by atoms with van der Waals surface area (Å²) in [6.45, 7) is 2.28. The molecule has 0 radical (unpaired) electrons. The highest BCUT2D eigenvalue weighted by molar-refractivity contribution is 5.82. The van der Waals surface area contributed by atoms with Crippen molar-refractivity contribution in [2.24, 2.45) is 5.92 Å². The monoisotopic (exact) mass is 262 g/mol. The van der Waals surface area contributed by atoms with Gasteiger partial charge >= 0.3 is 0 Å². The summed E-state index contributed by atoms with van der Waals surface area (Å²) in [6.07, 6.45) is 16.5. The molecule has 19 heavy (non-hydrogen) atoms. The first-order valence-corrected chi connectivity index (χ1v) is 8.51. The standard InChI is InChI=1S/C18H30O/c1-2-3-4-5-6-7-8-15-9-10-17-14-18(19)12-11-16(17)13-15/h15H,2-14H2,1H3. The molecule has 0 bridgehead atoms. The van der Waals surface area contributed by atoms with E-state index < -0.39 is 0 Å². The van der Waals surface area contributed by atoms with Crippen LogP contribution >= 0.6 is 0 Å². The first-order chi connectivity index (χ1) is 9.29. The summed E-state index contributed by atoms with van der Waals surface area (Å²) in [5.41, 5.74) is 3.19. The van der Waals surface area contributed by atoms with Crippen molar-refractivity contribution in [3.05, 3.63) is 11.1 Å². The predicted molar refractivity (Wildman–Crippen MR) is 81.2 cm³/mol. The summed E-state index contributed by atoms with van der Waals surface area (Å²) in [7, 11) is 0. The van der Waals surface area contributed by atoms with Crippen LogP contribution in [0.5, 0.6) is 0 Å². The average molecular weight is 262 g/mol. The van der Waals surface area contributed by atoms with Gasteiger partial charge in [0.05, 0.1) is 0 Å². The van der Waals surface area contributed by atoms with E-state index in [-0.39, 0.29) is 0 Å². The smallest absolute Gasteiger partial charge is 0.137 e. The van der Waals surface area contributed by atoms with Crippen molar-refractivity contribution >= 4 is 5.78 Å². The maximum atomic E-state index is 11.5. The van der Waals surface area contributed by atoms with Crippen LogP contribution in [0, 0.1) is 5.92 Å². The molecule has 0 heterocycles. The largest absolute Gasteiger partial charge is 0.299 e. The van der Waals surface area contributed by atoms with Crippen molar-refractivity contribution in [1.82, 2.24) is 0 Å². The van der Waals surface area contributed by atoms with E-state index in [1.54, 1.807) is 5.57 Å². The van der Waals surface area contributed by atoms with Gasteiger partial charge < -0.3 is 0 Å². The minimum Gasteiger partial charge on any atom is -0.299 e. The molecule has 0 aliphatic heterocycles. The molecular weight excluding hydrogens is 232 g/mol. The Bertz CT molecular complexity index is 327. The Labute approximate surface area is 118 Å². The molecule has 0 N–H and O–H groups in total. The number of rotatable bonds is 7. The highest BCUT2D eigenvalue weighted by atomic mass is 16.1. The summed E-state index contributed by atoms with van der Waals surface area (Å²) in [5, 5.41) is 0. The van der Waals surface area contributed by atoms with Crippen LogP contribution in [0.2, 0.25) is 0 Å². The maximum Gasteiger partial charge on any atom is 0.137 e. The average Bonchev–Trinajstić information content (AvgIpc) is 2.43. The lowest BCUT2D eigenvalue weighted by Crippen LogP contribution is -2.17. The zero-order chi connectivity index (χ0) is 13.5. The Hall–Kier alpha value is -0.590. The minimum absolute atomic E-state index is 0.480. The van der Waals surface area contributed by atoms with Crippen molar-refractivity contribution in [3.63, 3.8) is 0 Å². The van der Waals surface area contributed by atoms with Gasteiger partial charge in [-0.05, 0) is 31.6 Å². The van der Waals surface area contributed by atoms with Crippen LogP contribution in [0.15, 0.2) is 11.1 Å². The van der Waals surface area contributed by atoms with E-state index in [4.69, 9.17) is 0 Å². The number of unbranched alkanes of at least 4 members (excludes halogenated alkanes) is 5. The summed E-state index contributed by atoms with van der Waals surface area (Å²) >= 11 is 0. The molecule has 0 saturated carbocycles. The topological polar surface area (TPSA) is 17.1 Å². The van der Waals surface area contributed by atoms with Crippen LogP contribution in [0.25, 0.3) is 0 Å². The third kappa shape index (κ3) is 4.78. The highest BCUT2D eigenvalue weighted by Gasteiger charge is 2.25. The lowest BCUT2D eigenvalue weighted by atomic mass is 9.75. The second-order valence-corrected chi connectivity index (χ2v) is 6.59. The quantitative estimate of drug-likeness (QED) is 0.432. The summed E-state index contributed by atoms with van der Waals surface area (Å²) < 4.78 is 0. The number of hydrogen-bond acceptors (Lipinski definition) is 1. The number of allylic oxidation sites excluding steroid dienone is 2. The lowest BCUT2D eigenvalue weighted by molar-refractivity contribution is -0.118. The number of carbonyl (C=O) groups is 1.